The van der Waals surface area contributed by atoms with E-state index in [9.17, 15) is 0 Å². The van der Waals surface area contributed by atoms with Crippen LogP contribution in [0, 0.1) is 0 Å². The van der Waals surface area contributed by atoms with Gasteiger partial charge in [0.05, 0.1) is 0 Å². The van der Waals surface area contributed by atoms with Gasteiger partial charge in [0.15, 0.2) is 0 Å². The van der Waals surface area contributed by atoms with Crippen LogP contribution in [-0.2, 0) is 0 Å². The van der Waals surface area contributed by atoms with Crippen molar-refractivity contribution in [1.29, 1.82) is 0 Å². The number of piperidine rings is 1. The van der Waals surface area contributed by atoms with Crippen molar-refractivity contribution < 1.29 is 0 Å². The molecule has 1 saturated carbocycles. The summed E-state index contributed by atoms with van der Waals surface area (Å²) in [5, 5.41) is 3.96. The first-order valence-corrected chi connectivity index (χ1v) is 8.88. The molecule has 3 rings (SSSR count). The molecule has 2 heteroatoms. The average Bonchev–Trinajstić information content (AvgIpc) is 3.01. The number of hydrogen-bond acceptors (Lipinski definition) is 2. The number of benzene rings is 1. The molecule has 0 radical (unpaired) electrons. The summed E-state index contributed by atoms with van der Waals surface area (Å²) in [4.78, 5) is 2.67. The van der Waals surface area contributed by atoms with Crippen LogP contribution in [0.3, 0.4) is 0 Å². The van der Waals surface area contributed by atoms with Crippen molar-refractivity contribution >= 4 is 0 Å². The lowest BCUT2D eigenvalue weighted by molar-refractivity contribution is 0.164. The first-order valence-electron chi connectivity index (χ1n) is 8.88. The van der Waals surface area contributed by atoms with Gasteiger partial charge in [0.1, 0.15) is 0 Å². The molecular formula is C19H30N2. The van der Waals surface area contributed by atoms with Gasteiger partial charge in [0.25, 0.3) is 0 Å². The number of nitrogens with one attached hydrogen (secondary N) is 1. The molecule has 1 heterocycles. The Bertz CT molecular complexity index is 411. The molecule has 1 aliphatic carbocycles. The zero-order chi connectivity index (χ0) is 14.5. The van der Waals surface area contributed by atoms with Crippen molar-refractivity contribution in [2.24, 2.45) is 0 Å². The Morgan fingerprint density at radius 1 is 1.05 bits per heavy atom. The SMILES string of the molecule is CCCN1CC(NC2CCCC2)CC(c2ccccc2)C1. The Morgan fingerprint density at radius 2 is 1.81 bits per heavy atom. The largest absolute Gasteiger partial charge is 0.310 e. The number of nitrogens with zero attached hydrogens (tertiary/aromatic N) is 1. The molecule has 2 atom stereocenters. The summed E-state index contributed by atoms with van der Waals surface area (Å²) in [5.74, 6) is 0.699. The van der Waals surface area contributed by atoms with E-state index in [2.05, 4.69) is 47.5 Å². The standard InChI is InChI=1S/C19H30N2/c1-2-12-21-14-17(16-8-4-3-5-9-16)13-19(15-21)20-18-10-6-7-11-18/h3-5,8-9,17-20H,2,6-7,10-15H2,1H3. The summed E-state index contributed by atoms with van der Waals surface area (Å²) < 4.78 is 0. The summed E-state index contributed by atoms with van der Waals surface area (Å²) in [5.41, 5.74) is 1.52. The number of hydrogen-bond donors (Lipinski definition) is 1. The van der Waals surface area contributed by atoms with E-state index in [0.717, 1.165) is 6.04 Å². The zero-order valence-corrected chi connectivity index (χ0v) is 13.4. The second kappa shape index (κ2) is 7.42. The first-order chi connectivity index (χ1) is 10.3. The van der Waals surface area contributed by atoms with E-state index in [1.807, 2.05) is 0 Å². The van der Waals surface area contributed by atoms with E-state index in [1.54, 1.807) is 0 Å². The second-order valence-electron chi connectivity index (χ2n) is 6.95. The summed E-state index contributed by atoms with van der Waals surface area (Å²) in [6.45, 7) is 6.02. The van der Waals surface area contributed by atoms with Crippen LogP contribution < -0.4 is 5.32 Å². The molecule has 116 valence electrons. The molecule has 1 aromatic carbocycles. The van der Waals surface area contributed by atoms with Crippen LogP contribution >= 0.6 is 0 Å². The van der Waals surface area contributed by atoms with E-state index >= 15 is 0 Å². The van der Waals surface area contributed by atoms with Crippen LogP contribution in [0.4, 0.5) is 0 Å². The molecule has 1 aliphatic heterocycles. The first kappa shape index (κ1) is 15.1. The topological polar surface area (TPSA) is 15.3 Å². The molecule has 0 amide bonds. The van der Waals surface area contributed by atoms with E-state index < -0.39 is 0 Å². The van der Waals surface area contributed by atoms with Gasteiger partial charge in [-0.1, -0.05) is 50.1 Å². The van der Waals surface area contributed by atoms with Crippen LogP contribution in [0.5, 0.6) is 0 Å². The number of likely N-dealkylation sites (tertiary alicyclic amines) is 1. The quantitative estimate of drug-likeness (QED) is 0.886. The molecule has 0 bridgehead atoms. The molecule has 1 aromatic rings. The highest BCUT2D eigenvalue weighted by Gasteiger charge is 2.29. The normalized spacial score (nSPS) is 28.0. The minimum Gasteiger partial charge on any atom is -0.310 e. The lowest BCUT2D eigenvalue weighted by Gasteiger charge is -2.39. The molecule has 0 aromatic heterocycles. The third kappa shape index (κ3) is 4.08. The van der Waals surface area contributed by atoms with Gasteiger partial charge in [0.2, 0.25) is 0 Å². The van der Waals surface area contributed by atoms with Crippen molar-refractivity contribution in [3.05, 3.63) is 35.9 Å². The fraction of sp³-hybridized carbons (Fsp3) is 0.684. The highest BCUT2D eigenvalue weighted by Crippen LogP contribution is 2.28. The highest BCUT2D eigenvalue weighted by molar-refractivity contribution is 5.21. The molecule has 2 unspecified atom stereocenters. The lowest BCUT2D eigenvalue weighted by Crippen LogP contribution is -2.51. The van der Waals surface area contributed by atoms with Crippen molar-refractivity contribution in [3.63, 3.8) is 0 Å². The van der Waals surface area contributed by atoms with Gasteiger partial charge in [-0.2, -0.15) is 0 Å². The van der Waals surface area contributed by atoms with Crippen LogP contribution in [0.1, 0.15) is 56.9 Å². The van der Waals surface area contributed by atoms with E-state index in [0.29, 0.717) is 12.0 Å². The molecule has 0 spiro atoms. The van der Waals surface area contributed by atoms with E-state index in [-0.39, 0.29) is 0 Å². The molecule has 21 heavy (non-hydrogen) atoms. The minimum absolute atomic E-state index is 0.679. The Kier molecular flexibility index (Phi) is 5.32. The smallest absolute Gasteiger partial charge is 0.0203 e. The maximum Gasteiger partial charge on any atom is 0.0203 e. The zero-order valence-electron chi connectivity index (χ0n) is 13.4. The Labute approximate surface area is 129 Å². The maximum atomic E-state index is 3.96. The van der Waals surface area contributed by atoms with Crippen molar-refractivity contribution in [2.45, 2.75) is 63.5 Å². The monoisotopic (exact) mass is 286 g/mol. The summed E-state index contributed by atoms with van der Waals surface area (Å²) in [6.07, 6.45) is 8.19. The average molecular weight is 286 g/mol. The molecule has 2 aliphatic rings. The summed E-state index contributed by atoms with van der Waals surface area (Å²) >= 11 is 0. The molecule has 2 nitrogen and oxygen atoms in total. The van der Waals surface area contributed by atoms with Gasteiger partial charge in [-0.05, 0) is 43.7 Å². The van der Waals surface area contributed by atoms with E-state index in [4.69, 9.17) is 0 Å². The van der Waals surface area contributed by atoms with Gasteiger partial charge in [-0.15, -0.1) is 0 Å². The Hall–Kier alpha value is -0.860. The van der Waals surface area contributed by atoms with Gasteiger partial charge in [-0.3, -0.25) is 0 Å². The Balaban J connectivity index is 1.65. The minimum atomic E-state index is 0.679. The fourth-order valence-corrected chi connectivity index (χ4v) is 4.20. The third-order valence-electron chi connectivity index (χ3n) is 5.16. The van der Waals surface area contributed by atoms with Crippen LogP contribution in [0.25, 0.3) is 0 Å². The second-order valence-corrected chi connectivity index (χ2v) is 6.95. The maximum absolute atomic E-state index is 3.96. The predicted octanol–water partition coefficient (Wildman–Crippen LogP) is 3.79. The van der Waals surface area contributed by atoms with Crippen molar-refractivity contribution in [3.8, 4) is 0 Å². The fourth-order valence-electron chi connectivity index (χ4n) is 4.20. The molecule has 1 N–H and O–H groups in total. The van der Waals surface area contributed by atoms with Gasteiger partial charge in [0, 0.05) is 25.2 Å². The van der Waals surface area contributed by atoms with Gasteiger partial charge in [-0.25, -0.2) is 0 Å². The summed E-state index contributed by atoms with van der Waals surface area (Å²) in [6, 6.07) is 12.6. The summed E-state index contributed by atoms with van der Waals surface area (Å²) in [7, 11) is 0. The Morgan fingerprint density at radius 3 is 2.52 bits per heavy atom. The van der Waals surface area contributed by atoms with Crippen LogP contribution in [0.2, 0.25) is 0 Å². The van der Waals surface area contributed by atoms with Crippen molar-refractivity contribution in [2.75, 3.05) is 19.6 Å². The van der Waals surface area contributed by atoms with Gasteiger partial charge < -0.3 is 10.2 Å². The molecule has 2 fully saturated rings. The number of rotatable bonds is 5. The molecule has 1 saturated heterocycles. The third-order valence-corrected chi connectivity index (χ3v) is 5.16. The highest BCUT2D eigenvalue weighted by atomic mass is 15.2. The van der Waals surface area contributed by atoms with Crippen LogP contribution in [-0.4, -0.2) is 36.6 Å². The predicted molar refractivity (Wildman–Crippen MR) is 89.7 cm³/mol. The van der Waals surface area contributed by atoms with Gasteiger partial charge >= 0.3 is 0 Å². The molecular weight excluding hydrogens is 256 g/mol. The van der Waals surface area contributed by atoms with Crippen LogP contribution in [0.15, 0.2) is 30.3 Å². The van der Waals surface area contributed by atoms with E-state index in [1.165, 1.54) is 63.7 Å². The lowest BCUT2D eigenvalue weighted by atomic mass is 9.87. The van der Waals surface area contributed by atoms with Crippen molar-refractivity contribution in [1.82, 2.24) is 10.2 Å².